The number of fused-ring (bicyclic) bond motifs is 1. The van der Waals surface area contributed by atoms with E-state index in [1.807, 2.05) is 18.3 Å². The van der Waals surface area contributed by atoms with Crippen LogP contribution in [0.1, 0.15) is 25.7 Å². The highest BCUT2D eigenvalue weighted by Gasteiger charge is 2.35. The Morgan fingerprint density at radius 2 is 2.27 bits per heavy atom. The Kier molecular flexibility index (Phi) is 5.68. The Labute approximate surface area is 153 Å². The Balaban J connectivity index is 1.75. The second-order valence-corrected chi connectivity index (χ2v) is 7.11. The van der Waals surface area contributed by atoms with Crippen molar-refractivity contribution in [2.45, 2.75) is 31.3 Å². The molecule has 3 heterocycles. The van der Waals surface area contributed by atoms with Gasteiger partial charge in [-0.05, 0) is 37.9 Å². The first kappa shape index (κ1) is 18.5. The van der Waals surface area contributed by atoms with E-state index in [9.17, 15) is 9.90 Å². The highest BCUT2D eigenvalue weighted by molar-refractivity contribution is 5.90. The number of β-amino-alcohol motifs (C(OH)–C–C–N with tert-alkyl or cyclic N) is 1. The third-order valence-electron chi connectivity index (χ3n) is 4.97. The van der Waals surface area contributed by atoms with Crippen molar-refractivity contribution in [1.82, 2.24) is 14.9 Å². The molecule has 1 amide bonds. The number of hydrogen-bond donors (Lipinski definition) is 2. The normalized spacial score (nSPS) is 20.3. The number of amides is 1. The molecule has 0 saturated carbocycles. The molecule has 0 aromatic carbocycles. The summed E-state index contributed by atoms with van der Waals surface area (Å²) in [6.45, 7) is 2.17. The summed E-state index contributed by atoms with van der Waals surface area (Å²) < 4.78 is 0. The maximum Gasteiger partial charge on any atom is 0.222 e. The average molecular weight is 357 g/mol. The molecule has 7 nitrogen and oxygen atoms in total. The molecule has 1 aliphatic rings. The number of nitrogens with zero attached hydrogens (tertiary/aromatic N) is 4. The largest absolute Gasteiger partial charge is 0.386 e. The minimum Gasteiger partial charge on any atom is -0.386 e. The van der Waals surface area contributed by atoms with Crippen LogP contribution < -0.4 is 10.6 Å². The Bertz CT molecular complexity index is 763. The number of pyridine rings is 2. The summed E-state index contributed by atoms with van der Waals surface area (Å²) in [7, 11) is 1.75. The van der Waals surface area contributed by atoms with Crippen molar-refractivity contribution in [2.75, 3.05) is 38.1 Å². The van der Waals surface area contributed by atoms with Crippen LogP contribution in [-0.2, 0) is 4.79 Å². The number of carbonyl (C=O) groups is 1. The van der Waals surface area contributed by atoms with E-state index in [2.05, 4.69) is 14.9 Å². The molecule has 0 radical (unpaired) electrons. The van der Waals surface area contributed by atoms with Crippen molar-refractivity contribution in [2.24, 2.45) is 5.73 Å². The first-order chi connectivity index (χ1) is 12.5. The SMILES string of the molecule is CN(C[C@@]1(O)CCCN(c2ccnc3ccncc23)C1)C(=O)CCCN. The molecule has 3 rings (SSSR count). The second-order valence-electron chi connectivity index (χ2n) is 7.11. The highest BCUT2D eigenvalue weighted by Crippen LogP contribution is 2.30. The van der Waals surface area contributed by atoms with E-state index >= 15 is 0 Å². The van der Waals surface area contributed by atoms with Crippen molar-refractivity contribution in [1.29, 1.82) is 0 Å². The summed E-state index contributed by atoms with van der Waals surface area (Å²) in [5.41, 5.74) is 6.47. The zero-order valence-corrected chi connectivity index (χ0v) is 15.3. The second kappa shape index (κ2) is 7.97. The number of aromatic nitrogens is 2. The minimum atomic E-state index is -0.927. The summed E-state index contributed by atoms with van der Waals surface area (Å²) in [6, 6.07) is 3.85. The molecule has 26 heavy (non-hydrogen) atoms. The van der Waals surface area contributed by atoms with Gasteiger partial charge in [-0.2, -0.15) is 0 Å². The molecular weight excluding hydrogens is 330 g/mol. The standard InChI is InChI=1S/C19H27N5O2/c1-23(18(25)4-2-8-20)13-19(26)7-3-11-24(14-19)17-6-10-22-16-5-9-21-12-15(16)17/h5-6,9-10,12,26H,2-4,7-8,11,13-14,20H2,1H3/t19-/m0/s1. The number of hydrogen-bond acceptors (Lipinski definition) is 6. The van der Waals surface area contributed by atoms with Crippen LogP contribution in [0.25, 0.3) is 10.9 Å². The summed E-state index contributed by atoms with van der Waals surface area (Å²) in [5, 5.41) is 12.1. The molecule has 0 unspecified atom stereocenters. The fourth-order valence-corrected chi connectivity index (χ4v) is 3.67. The van der Waals surface area contributed by atoms with Gasteiger partial charge in [-0.1, -0.05) is 0 Å². The van der Waals surface area contributed by atoms with Gasteiger partial charge in [0.15, 0.2) is 0 Å². The summed E-state index contributed by atoms with van der Waals surface area (Å²) in [6.07, 6.45) is 7.97. The van der Waals surface area contributed by atoms with E-state index in [0.29, 0.717) is 38.9 Å². The van der Waals surface area contributed by atoms with Gasteiger partial charge in [-0.25, -0.2) is 0 Å². The lowest BCUT2D eigenvalue weighted by Crippen LogP contribution is -2.54. The van der Waals surface area contributed by atoms with Crippen molar-refractivity contribution >= 4 is 22.5 Å². The Morgan fingerprint density at radius 1 is 1.42 bits per heavy atom. The van der Waals surface area contributed by atoms with Crippen molar-refractivity contribution in [3.8, 4) is 0 Å². The molecule has 0 aliphatic carbocycles. The molecule has 140 valence electrons. The number of rotatable bonds is 6. The number of aliphatic hydroxyl groups is 1. The van der Waals surface area contributed by atoms with Gasteiger partial charge < -0.3 is 20.6 Å². The number of likely N-dealkylation sites (N-methyl/N-ethyl adjacent to an activating group) is 1. The maximum atomic E-state index is 12.2. The fourth-order valence-electron chi connectivity index (χ4n) is 3.67. The average Bonchev–Trinajstić information content (AvgIpc) is 2.65. The van der Waals surface area contributed by atoms with Crippen molar-refractivity contribution in [3.05, 3.63) is 30.7 Å². The predicted octanol–water partition coefficient (Wildman–Crippen LogP) is 1.16. The molecule has 0 bridgehead atoms. The zero-order valence-electron chi connectivity index (χ0n) is 15.3. The predicted molar refractivity (Wildman–Crippen MR) is 102 cm³/mol. The lowest BCUT2D eigenvalue weighted by Gasteiger charge is -2.42. The third-order valence-corrected chi connectivity index (χ3v) is 4.97. The van der Waals surface area contributed by atoms with Gasteiger partial charge in [0.05, 0.1) is 17.7 Å². The van der Waals surface area contributed by atoms with Gasteiger partial charge in [-0.3, -0.25) is 14.8 Å². The molecule has 2 aromatic heterocycles. The molecule has 7 heteroatoms. The Morgan fingerprint density at radius 3 is 3.08 bits per heavy atom. The molecule has 2 aromatic rings. The molecule has 1 fully saturated rings. The fraction of sp³-hybridized carbons (Fsp3) is 0.526. The number of nitrogens with two attached hydrogens (primary N) is 1. The van der Waals surface area contributed by atoms with Crippen LogP contribution in [0.5, 0.6) is 0 Å². The molecule has 0 spiro atoms. The van der Waals surface area contributed by atoms with Gasteiger partial charge in [0.25, 0.3) is 0 Å². The van der Waals surface area contributed by atoms with Gasteiger partial charge in [0.2, 0.25) is 5.91 Å². The van der Waals surface area contributed by atoms with E-state index in [0.717, 1.165) is 29.6 Å². The number of carbonyl (C=O) groups excluding carboxylic acids is 1. The van der Waals surface area contributed by atoms with Crippen LogP contribution in [-0.4, -0.2) is 64.7 Å². The van der Waals surface area contributed by atoms with E-state index < -0.39 is 5.60 Å². The van der Waals surface area contributed by atoms with Gasteiger partial charge >= 0.3 is 0 Å². The summed E-state index contributed by atoms with van der Waals surface area (Å²) >= 11 is 0. The molecule has 1 atom stereocenters. The lowest BCUT2D eigenvalue weighted by atomic mass is 9.91. The van der Waals surface area contributed by atoms with Crippen molar-refractivity contribution in [3.63, 3.8) is 0 Å². The highest BCUT2D eigenvalue weighted by atomic mass is 16.3. The van der Waals surface area contributed by atoms with Gasteiger partial charge in [-0.15, -0.1) is 0 Å². The van der Waals surface area contributed by atoms with Crippen LogP contribution in [0.3, 0.4) is 0 Å². The van der Waals surface area contributed by atoms with Gasteiger partial charge in [0.1, 0.15) is 0 Å². The maximum absolute atomic E-state index is 12.2. The first-order valence-electron chi connectivity index (χ1n) is 9.12. The first-order valence-corrected chi connectivity index (χ1v) is 9.12. The molecular formula is C19H27N5O2. The van der Waals surface area contributed by atoms with Crippen LogP contribution in [0.2, 0.25) is 0 Å². The van der Waals surface area contributed by atoms with Crippen LogP contribution >= 0.6 is 0 Å². The summed E-state index contributed by atoms with van der Waals surface area (Å²) in [4.78, 5) is 24.6. The van der Waals surface area contributed by atoms with E-state index in [1.54, 1.807) is 24.3 Å². The van der Waals surface area contributed by atoms with Crippen LogP contribution in [0.15, 0.2) is 30.7 Å². The lowest BCUT2D eigenvalue weighted by molar-refractivity contribution is -0.133. The van der Waals surface area contributed by atoms with Gasteiger partial charge in [0, 0.05) is 56.2 Å². The quantitative estimate of drug-likeness (QED) is 0.805. The monoisotopic (exact) mass is 357 g/mol. The van der Waals surface area contributed by atoms with E-state index in [4.69, 9.17) is 5.73 Å². The number of anilines is 1. The molecule has 1 saturated heterocycles. The van der Waals surface area contributed by atoms with Crippen LogP contribution in [0.4, 0.5) is 5.69 Å². The third kappa shape index (κ3) is 4.11. The zero-order chi connectivity index (χ0) is 18.6. The van der Waals surface area contributed by atoms with E-state index in [-0.39, 0.29) is 5.91 Å². The topological polar surface area (TPSA) is 95.6 Å². The van der Waals surface area contributed by atoms with Crippen molar-refractivity contribution < 1.29 is 9.90 Å². The molecule has 3 N–H and O–H groups in total. The number of piperidine rings is 1. The van der Waals surface area contributed by atoms with E-state index in [1.165, 1.54) is 0 Å². The Hall–Kier alpha value is -2.25. The summed E-state index contributed by atoms with van der Waals surface area (Å²) in [5.74, 6) is 0.0274. The smallest absolute Gasteiger partial charge is 0.222 e. The molecule has 1 aliphatic heterocycles. The minimum absolute atomic E-state index is 0.0274. The van der Waals surface area contributed by atoms with Crippen LogP contribution in [0, 0.1) is 0 Å².